The van der Waals surface area contributed by atoms with Crippen molar-refractivity contribution in [3.05, 3.63) is 47.5 Å². The van der Waals surface area contributed by atoms with E-state index in [4.69, 9.17) is 5.11 Å². The Hall–Kier alpha value is -2.69. The lowest BCUT2D eigenvalue weighted by atomic mass is 9.93. The van der Waals surface area contributed by atoms with Crippen LogP contribution in [0.4, 0.5) is 0 Å². The summed E-state index contributed by atoms with van der Waals surface area (Å²) in [6, 6.07) is 9.11. The number of carboxylic acids is 1. The minimum absolute atomic E-state index is 0.366. The summed E-state index contributed by atoms with van der Waals surface area (Å²) in [5.41, 5.74) is 0.733. The van der Waals surface area contributed by atoms with Gasteiger partial charge in [0.15, 0.2) is 0 Å². The van der Waals surface area contributed by atoms with Crippen LogP contribution in [-0.4, -0.2) is 33.8 Å². The van der Waals surface area contributed by atoms with Gasteiger partial charge in [0.25, 0.3) is 11.8 Å². The van der Waals surface area contributed by atoms with E-state index in [1.54, 1.807) is 24.3 Å². The van der Waals surface area contributed by atoms with Gasteiger partial charge >= 0.3 is 5.97 Å². The number of carbonyl (C=O) groups excluding carboxylic acids is 2. The topological polar surface area (TPSA) is 74.7 Å². The Balaban J connectivity index is 2.29. The molecule has 1 N–H and O–H groups in total. The second-order valence-corrected chi connectivity index (χ2v) is 4.70. The van der Waals surface area contributed by atoms with Crippen LogP contribution in [0.3, 0.4) is 0 Å². The third-order valence-electron chi connectivity index (χ3n) is 3.55. The molecule has 0 aliphatic carbocycles. The molecular formula is C15H11NO4. The van der Waals surface area contributed by atoms with E-state index < -0.39 is 23.8 Å². The zero-order valence-electron chi connectivity index (χ0n) is 10.7. The van der Waals surface area contributed by atoms with Gasteiger partial charge in [-0.3, -0.25) is 14.5 Å². The molecule has 1 atom stereocenters. The van der Waals surface area contributed by atoms with E-state index in [1.165, 1.54) is 6.92 Å². The van der Waals surface area contributed by atoms with Gasteiger partial charge in [0.1, 0.15) is 6.04 Å². The predicted molar refractivity (Wildman–Crippen MR) is 71.5 cm³/mol. The van der Waals surface area contributed by atoms with Crippen molar-refractivity contribution in [1.82, 2.24) is 4.90 Å². The summed E-state index contributed by atoms with van der Waals surface area (Å²) in [5, 5.41) is 10.5. The first-order valence-corrected chi connectivity index (χ1v) is 6.15. The first-order valence-electron chi connectivity index (χ1n) is 6.15. The van der Waals surface area contributed by atoms with E-state index in [-0.39, 0.29) is 0 Å². The lowest BCUT2D eigenvalue weighted by Crippen LogP contribution is -2.49. The summed E-state index contributed by atoms with van der Waals surface area (Å²) < 4.78 is 0. The molecule has 3 rings (SSSR count). The number of aliphatic carboxylic acids is 1. The predicted octanol–water partition coefficient (Wildman–Crippen LogP) is 1.91. The lowest BCUT2D eigenvalue weighted by Gasteiger charge is -2.29. The van der Waals surface area contributed by atoms with E-state index in [0.29, 0.717) is 16.5 Å². The van der Waals surface area contributed by atoms with Crippen LogP contribution in [0.1, 0.15) is 27.6 Å². The molecule has 1 aliphatic rings. The average Bonchev–Trinajstić information content (AvgIpc) is 2.44. The summed E-state index contributed by atoms with van der Waals surface area (Å²) in [6.45, 7) is 1.33. The number of imide groups is 1. The van der Waals surface area contributed by atoms with Crippen LogP contribution in [-0.2, 0) is 4.79 Å². The smallest absolute Gasteiger partial charge is 0.326 e. The monoisotopic (exact) mass is 269 g/mol. The van der Waals surface area contributed by atoms with Crippen LogP contribution in [0.25, 0.3) is 10.8 Å². The van der Waals surface area contributed by atoms with Crippen LogP contribution >= 0.6 is 0 Å². The third kappa shape index (κ3) is 1.53. The van der Waals surface area contributed by atoms with Gasteiger partial charge in [-0.2, -0.15) is 0 Å². The van der Waals surface area contributed by atoms with Gasteiger partial charge in [-0.1, -0.05) is 24.3 Å². The van der Waals surface area contributed by atoms with Crippen LogP contribution in [0, 0.1) is 0 Å². The van der Waals surface area contributed by atoms with Crippen molar-refractivity contribution in [2.75, 3.05) is 0 Å². The average molecular weight is 269 g/mol. The maximum Gasteiger partial charge on any atom is 0.326 e. The van der Waals surface area contributed by atoms with Gasteiger partial charge in [-0.05, 0) is 24.4 Å². The number of carbonyl (C=O) groups is 3. The fourth-order valence-corrected chi connectivity index (χ4v) is 2.51. The highest BCUT2D eigenvalue weighted by molar-refractivity contribution is 6.26. The normalized spacial score (nSPS) is 15.6. The van der Waals surface area contributed by atoms with Gasteiger partial charge in [0, 0.05) is 16.5 Å². The molecule has 0 saturated heterocycles. The molecule has 20 heavy (non-hydrogen) atoms. The molecule has 0 spiro atoms. The Bertz CT molecular complexity index is 715. The van der Waals surface area contributed by atoms with Gasteiger partial charge < -0.3 is 5.11 Å². The van der Waals surface area contributed by atoms with Gasteiger partial charge in [0.2, 0.25) is 0 Å². The Morgan fingerprint density at radius 2 is 1.55 bits per heavy atom. The van der Waals surface area contributed by atoms with Gasteiger partial charge in [-0.25, -0.2) is 4.79 Å². The number of hydrogen-bond donors (Lipinski definition) is 1. The molecule has 0 unspecified atom stereocenters. The van der Waals surface area contributed by atoms with Crippen molar-refractivity contribution >= 4 is 28.6 Å². The highest BCUT2D eigenvalue weighted by Gasteiger charge is 2.38. The van der Waals surface area contributed by atoms with Gasteiger partial charge in [-0.15, -0.1) is 0 Å². The van der Waals surface area contributed by atoms with Gasteiger partial charge in [0.05, 0.1) is 0 Å². The number of amides is 2. The summed E-state index contributed by atoms with van der Waals surface area (Å²) >= 11 is 0. The second kappa shape index (κ2) is 4.16. The number of hydrogen-bond acceptors (Lipinski definition) is 3. The highest BCUT2D eigenvalue weighted by atomic mass is 16.4. The van der Waals surface area contributed by atoms with Crippen molar-refractivity contribution in [1.29, 1.82) is 0 Å². The molecule has 0 fully saturated rings. The Kier molecular flexibility index (Phi) is 2.57. The molecule has 5 nitrogen and oxygen atoms in total. The number of nitrogens with zero attached hydrogens (tertiary/aromatic N) is 1. The SMILES string of the molecule is C[C@@H](C(=O)O)N1C(=O)c2cccc3cccc(c23)C1=O. The van der Waals surface area contributed by atoms with Crippen LogP contribution < -0.4 is 0 Å². The zero-order chi connectivity index (χ0) is 14.4. The quantitative estimate of drug-likeness (QED) is 0.845. The summed E-state index contributed by atoms with van der Waals surface area (Å²) in [6.07, 6.45) is 0. The Morgan fingerprint density at radius 3 is 2.00 bits per heavy atom. The standard InChI is InChI=1S/C15H11NO4/c1-8(15(19)20)16-13(17)10-6-2-4-9-5-3-7-11(12(9)10)14(16)18/h2-8H,1H3,(H,19,20)/t8-/m0/s1. The molecule has 0 radical (unpaired) electrons. The molecule has 100 valence electrons. The maximum absolute atomic E-state index is 12.4. The molecule has 0 saturated carbocycles. The van der Waals surface area contributed by atoms with E-state index in [9.17, 15) is 14.4 Å². The van der Waals surface area contributed by atoms with Crippen LogP contribution in [0.5, 0.6) is 0 Å². The van der Waals surface area contributed by atoms with E-state index in [0.717, 1.165) is 10.3 Å². The molecule has 1 aliphatic heterocycles. The van der Waals surface area contributed by atoms with E-state index >= 15 is 0 Å². The minimum Gasteiger partial charge on any atom is -0.480 e. The maximum atomic E-state index is 12.4. The van der Waals surface area contributed by atoms with Crippen molar-refractivity contribution in [3.8, 4) is 0 Å². The summed E-state index contributed by atoms with van der Waals surface area (Å²) in [4.78, 5) is 36.7. The van der Waals surface area contributed by atoms with Crippen molar-refractivity contribution in [3.63, 3.8) is 0 Å². The fourth-order valence-electron chi connectivity index (χ4n) is 2.51. The molecule has 0 aromatic heterocycles. The molecule has 2 amide bonds. The third-order valence-corrected chi connectivity index (χ3v) is 3.55. The number of benzene rings is 2. The van der Waals surface area contributed by atoms with Crippen molar-refractivity contribution in [2.45, 2.75) is 13.0 Å². The zero-order valence-corrected chi connectivity index (χ0v) is 10.7. The number of carboxylic acid groups (broad SMARTS) is 1. The van der Waals surface area contributed by atoms with Crippen molar-refractivity contribution in [2.24, 2.45) is 0 Å². The summed E-state index contributed by atoms with van der Waals surface area (Å²) in [7, 11) is 0. The fraction of sp³-hybridized carbons (Fsp3) is 0.133. The van der Waals surface area contributed by atoms with Crippen molar-refractivity contribution < 1.29 is 19.5 Å². The minimum atomic E-state index is -1.21. The Morgan fingerprint density at radius 1 is 1.05 bits per heavy atom. The first kappa shape index (κ1) is 12.3. The lowest BCUT2D eigenvalue weighted by molar-refractivity contribution is -0.141. The Labute approximate surface area is 114 Å². The largest absolute Gasteiger partial charge is 0.480 e. The van der Waals surface area contributed by atoms with Crippen LogP contribution in [0.2, 0.25) is 0 Å². The highest BCUT2D eigenvalue weighted by Crippen LogP contribution is 2.30. The summed E-state index contributed by atoms with van der Waals surface area (Å²) in [5.74, 6) is -2.33. The molecular weight excluding hydrogens is 258 g/mol. The first-order chi connectivity index (χ1) is 9.52. The van der Waals surface area contributed by atoms with E-state index in [1.807, 2.05) is 12.1 Å². The molecule has 0 bridgehead atoms. The molecule has 2 aromatic rings. The number of rotatable bonds is 2. The van der Waals surface area contributed by atoms with Crippen LogP contribution in [0.15, 0.2) is 36.4 Å². The van der Waals surface area contributed by atoms with E-state index in [2.05, 4.69) is 0 Å². The second-order valence-electron chi connectivity index (χ2n) is 4.70. The molecule has 1 heterocycles. The molecule has 5 heteroatoms. The molecule has 2 aromatic carbocycles.